The molecule has 0 fully saturated rings. The fraction of sp³-hybridized carbons (Fsp3) is 0.143. The Morgan fingerprint density at radius 3 is 2.26 bits per heavy atom. The van der Waals surface area contributed by atoms with E-state index in [1.165, 1.54) is 6.07 Å². The highest BCUT2D eigenvalue weighted by Gasteiger charge is 2.15. The maximum atomic E-state index is 12.0. The van der Waals surface area contributed by atoms with Gasteiger partial charge in [0.15, 0.2) is 0 Å². The molecule has 0 saturated heterocycles. The second-order valence-electron chi connectivity index (χ2n) is 3.99. The fourth-order valence-electron chi connectivity index (χ4n) is 1.97. The molecule has 19 heavy (non-hydrogen) atoms. The molecule has 5 heteroatoms. The van der Waals surface area contributed by atoms with E-state index < -0.39 is 11.9 Å². The molecule has 1 amide bonds. The van der Waals surface area contributed by atoms with E-state index in [2.05, 4.69) is 5.32 Å². The van der Waals surface area contributed by atoms with Crippen molar-refractivity contribution in [2.45, 2.75) is 0 Å². The van der Waals surface area contributed by atoms with Crippen LogP contribution in [0.5, 0.6) is 0 Å². The number of hydrogen-bond donors (Lipinski definition) is 3. The van der Waals surface area contributed by atoms with Gasteiger partial charge in [-0.15, -0.1) is 0 Å². The lowest BCUT2D eigenvalue weighted by Gasteiger charge is -2.09. The maximum absolute atomic E-state index is 12.0. The zero-order valence-electron chi connectivity index (χ0n) is 10.1. The average Bonchev–Trinajstić information content (AvgIpc) is 2.43. The SMILES string of the molecule is O=C(O)c1cccc2cccc(C(=O)NCCO)c12. The zero-order valence-corrected chi connectivity index (χ0v) is 10.1. The lowest BCUT2D eigenvalue weighted by atomic mass is 9.99. The van der Waals surface area contributed by atoms with E-state index >= 15 is 0 Å². The molecule has 2 rings (SSSR count). The predicted molar refractivity (Wildman–Crippen MR) is 70.3 cm³/mol. The molecule has 3 N–H and O–H groups in total. The van der Waals surface area contributed by atoms with Crippen molar-refractivity contribution in [1.29, 1.82) is 0 Å². The Bertz CT molecular complexity index is 631. The first-order chi connectivity index (χ1) is 9.15. The van der Waals surface area contributed by atoms with Crippen LogP contribution in [0.4, 0.5) is 0 Å². The highest BCUT2D eigenvalue weighted by Crippen LogP contribution is 2.23. The molecule has 5 nitrogen and oxygen atoms in total. The van der Waals surface area contributed by atoms with Gasteiger partial charge < -0.3 is 15.5 Å². The second-order valence-corrected chi connectivity index (χ2v) is 3.99. The number of aliphatic hydroxyl groups is 1. The van der Waals surface area contributed by atoms with Crippen LogP contribution < -0.4 is 5.32 Å². The van der Waals surface area contributed by atoms with Gasteiger partial charge in [-0.25, -0.2) is 4.79 Å². The number of rotatable bonds is 4. The summed E-state index contributed by atoms with van der Waals surface area (Å²) >= 11 is 0. The van der Waals surface area contributed by atoms with Gasteiger partial charge in [-0.2, -0.15) is 0 Å². The number of carbonyl (C=O) groups excluding carboxylic acids is 1. The highest BCUT2D eigenvalue weighted by atomic mass is 16.4. The maximum Gasteiger partial charge on any atom is 0.336 e. The molecule has 0 bridgehead atoms. The summed E-state index contributed by atoms with van der Waals surface area (Å²) < 4.78 is 0. The van der Waals surface area contributed by atoms with Gasteiger partial charge in [-0.1, -0.05) is 24.3 Å². The van der Waals surface area contributed by atoms with Crippen molar-refractivity contribution >= 4 is 22.6 Å². The van der Waals surface area contributed by atoms with Crippen molar-refractivity contribution in [3.63, 3.8) is 0 Å². The first kappa shape index (κ1) is 13.0. The Labute approximate surface area is 109 Å². The number of amides is 1. The van der Waals surface area contributed by atoms with Crippen LogP contribution in [0.1, 0.15) is 20.7 Å². The third kappa shape index (κ3) is 2.56. The lowest BCUT2D eigenvalue weighted by molar-refractivity contribution is 0.0699. The molecule has 0 aliphatic carbocycles. The summed E-state index contributed by atoms with van der Waals surface area (Å²) in [6, 6.07) is 9.88. The third-order valence-electron chi connectivity index (χ3n) is 2.78. The number of carbonyl (C=O) groups is 2. The largest absolute Gasteiger partial charge is 0.478 e. The highest BCUT2D eigenvalue weighted by molar-refractivity contribution is 6.14. The van der Waals surface area contributed by atoms with Gasteiger partial charge >= 0.3 is 5.97 Å². The van der Waals surface area contributed by atoms with Crippen molar-refractivity contribution in [2.24, 2.45) is 0 Å². The quantitative estimate of drug-likeness (QED) is 0.771. The van der Waals surface area contributed by atoms with Gasteiger partial charge in [-0.3, -0.25) is 4.79 Å². The molecule has 0 saturated carbocycles. The molecular formula is C14H13NO4. The Balaban J connectivity index is 2.60. The molecule has 0 aliphatic heterocycles. The minimum atomic E-state index is -1.08. The smallest absolute Gasteiger partial charge is 0.336 e. The second kappa shape index (κ2) is 5.49. The molecule has 0 aliphatic rings. The molecule has 0 radical (unpaired) electrons. The summed E-state index contributed by atoms with van der Waals surface area (Å²) in [5, 5.41) is 21.5. The van der Waals surface area contributed by atoms with Gasteiger partial charge in [0, 0.05) is 17.5 Å². The van der Waals surface area contributed by atoms with Crippen molar-refractivity contribution in [2.75, 3.05) is 13.2 Å². The molecule has 98 valence electrons. The molecule has 0 aromatic heterocycles. The number of fused-ring (bicyclic) bond motifs is 1. The predicted octanol–water partition coefficient (Wildman–Crippen LogP) is 1.26. The summed E-state index contributed by atoms with van der Waals surface area (Å²) in [6.45, 7) is -0.0350. The van der Waals surface area contributed by atoms with E-state index in [4.69, 9.17) is 5.11 Å². The monoisotopic (exact) mass is 259 g/mol. The van der Waals surface area contributed by atoms with E-state index in [1.54, 1.807) is 30.3 Å². The van der Waals surface area contributed by atoms with Crippen LogP contribution in [0, 0.1) is 0 Å². The first-order valence-corrected chi connectivity index (χ1v) is 5.79. The summed E-state index contributed by atoms with van der Waals surface area (Å²) in [4.78, 5) is 23.2. The molecule has 0 unspecified atom stereocenters. The summed E-state index contributed by atoms with van der Waals surface area (Å²) in [5.74, 6) is -1.47. The van der Waals surface area contributed by atoms with Crippen LogP contribution in [0.2, 0.25) is 0 Å². The number of carboxylic acid groups (broad SMARTS) is 1. The number of aliphatic hydroxyl groups excluding tert-OH is 1. The minimum absolute atomic E-state index is 0.0900. The topological polar surface area (TPSA) is 86.6 Å². The van der Waals surface area contributed by atoms with E-state index in [0.717, 1.165) is 0 Å². The summed E-state index contributed by atoms with van der Waals surface area (Å²) in [5.41, 5.74) is 0.385. The molecular weight excluding hydrogens is 246 g/mol. The van der Waals surface area contributed by atoms with Crippen LogP contribution in [-0.4, -0.2) is 35.2 Å². The van der Waals surface area contributed by atoms with E-state index in [1.807, 2.05) is 0 Å². The van der Waals surface area contributed by atoms with Gasteiger partial charge in [-0.05, 0) is 17.5 Å². The van der Waals surface area contributed by atoms with E-state index in [9.17, 15) is 14.7 Å². The van der Waals surface area contributed by atoms with Gasteiger partial charge in [0.25, 0.3) is 5.91 Å². The Morgan fingerprint density at radius 2 is 1.68 bits per heavy atom. The summed E-state index contributed by atoms with van der Waals surface area (Å²) in [6.07, 6.45) is 0. The van der Waals surface area contributed by atoms with Crippen LogP contribution in [0.3, 0.4) is 0 Å². The molecule has 0 heterocycles. The van der Waals surface area contributed by atoms with Crippen molar-refractivity contribution in [1.82, 2.24) is 5.32 Å². The number of aromatic carboxylic acids is 1. The Morgan fingerprint density at radius 1 is 1.05 bits per heavy atom. The van der Waals surface area contributed by atoms with E-state index in [-0.39, 0.29) is 18.7 Å². The standard InChI is InChI=1S/C14H13NO4/c16-8-7-15-13(17)10-5-1-3-9-4-2-6-11(12(9)10)14(18)19/h1-6,16H,7-8H2,(H,15,17)(H,18,19). The van der Waals surface area contributed by atoms with Crippen LogP contribution >= 0.6 is 0 Å². The number of hydrogen-bond acceptors (Lipinski definition) is 3. The molecule has 0 spiro atoms. The number of carboxylic acids is 1. The van der Waals surface area contributed by atoms with Crippen molar-refractivity contribution in [3.8, 4) is 0 Å². The fourth-order valence-corrected chi connectivity index (χ4v) is 1.97. The van der Waals surface area contributed by atoms with E-state index in [0.29, 0.717) is 16.3 Å². The van der Waals surface area contributed by atoms with Crippen molar-refractivity contribution in [3.05, 3.63) is 47.5 Å². The first-order valence-electron chi connectivity index (χ1n) is 5.79. The van der Waals surface area contributed by atoms with Crippen LogP contribution in [-0.2, 0) is 0 Å². The van der Waals surface area contributed by atoms with Gasteiger partial charge in [0.05, 0.1) is 12.2 Å². The average molecular weight is 259 g/mol. The zero-order chi connectivity index (χ0) is 13.8. The Kier molecular flexibility index (Phi) is 3.77. The number of nitrogens with one attached hydrogen (secondary N) is 1. The van der Waals surface area contributed by atoms with Gasteiger partial charge in [0.1, 0.15) is 0 Å². The normalized spacial score (nSPS) is 10.4. The van der Waals surface area contributed by atoms with Crippen LogP contribution in [0.15, 0.2) is 36.4 Å². The van der Waals surface area contributed by atoms with Crippen molar-refractivity contribution < 1.29 is 19.8 Å². The van der Waals surface area contributed by atoms with Crippen LogP contribution in [0.25, 0.3) is 10.8 Å². The van der Waals surface area contributed by atoms with Gasteiger partial charge in [0.2, 0.25) is 0 Å². The minimum Gasteiger partial charge on any atom is -0.478 e. The Hall–Kier alpha value is -2.40. The third-order valence-corrected chi connectivity index (χ3v) is 2.78. The molecule has 2 aromatic rings. The molecule has 2 aromatic carbocycles. The lowest BCUT2D eigenvalue weighted by Crippen LogP contribution is -2.26. The number of benzene rings is 2. The summed E-state index contributed by atoms with van der Waals surface area (Å²) in [7, 11) is 0. The molecule has 0 atom stereocenters.